The number of methoxy groups -OCH3 is 1. The minimum Gasteiger partial charge on any atom is -0.375 e. The van der Waals surface area contributed by atoms with Gasteiger partial charge in [-0.15, -0.1) is 0 Å². The van der Waals surface area contributed by atoms with Gasteiger partial charge >= 0.3 is 10.3 Å². The molecule has 5 nitrogen and oxygen atoms in total. The van der Waals surface area contributed by atoms with Crippen LogP contribution in [0, 0.1) is 0 Å². The topological polar surface area (TPSA) is 66.8 Å². The lowest BCUT2D eigenvalue weighted by atomic mass is 10.0. The van der Waals surface area contributed by atoms with Crippen LogP contribution >= 0.6 is 23.2 Å². The van der Waals surface area contributed by atoms with Crippen molar-refractivity contribution < 1.29 is 17.7 Å². The summed E-state index contributed by atoms with van der Waals surface area (Å²) in [6.07, 6.45) is -0.701. The second kappa shape index (κ2) is 6.39. The summed E-state index contributed by atoms with van der Waals surface area (Å²) in [5.74, 6) is 0. The number of ether oxygens (including phenoxy) is 1. The molecule has 0 bridgehead atoms. The molecular formula is C11H15Cl2NO4S. The van der Waals surface area contributed by atoms with Gasteiger partial charge in [-0.25, -0.2) is 0 Å². The first-order valence-corrected chi connectivity index (χ1v) is 7.52. The van der Waals surface area contributed by atoms with Crippen LogP contribution in [0.25, 0.3) is 0 Å². The molecule has 19 heavy (non-hydrogen) atoms. The van der Waals surface area contributed by atoms with Gasteiger partial charge in [0.25, 0.3) is 0 Å². The minimum atomic E-state index is -4.32. The second-order valence-electron chi connectivity index (χ2n) is 4.03. The van der Waals surface area contributed by atoms with Crippen LogP contribution in [0.3, 0.4) is 0 Å². The van der Waals surface area contributed by atoms with E-state index in [9.17, 15) is 8.42 Å². The van der Waals surface area contributed by atoms with Crippen LogP contribution in [-0.4, -0.2) is 37.5 Å². The molecule has 8 heteroatoms. The SMILES string of the molecule is CO[C@H](c1c(Cl)cccc1Cl)[C@@H](C)N(C)S(=O)(=O)O. The van der Waals surface area contributed by atoms with E-state index >= 15 is 0 Å². The zero-order valence-corrected chi connectivity index (χ0v) is 13.0. The third-order valence-electron chi connectivity index (χ3n) is 2.91. The fourth-order valence-corrected chi connectivity index (χ4v) is 2.88. The molecule has 1 N–H and O–H groups in total. The van der Waals surface area contributed by atoms with Gasteiger partial charge in [0.2, 0.25) is 0 Å². The van der Waals surface area contributed by atoms with E-state index in [-0.39, 0.29) is 0 Å². The largest absolute Gasteiger partial charge is 0.375 e. The van der Waals surface area contributed by atoms with Crippen LogP contribution in [0.5, 0.6) is 0 Å². The van der Waals surface area contributed by atoms with Crippen molar-refractivity contribution in [1.29, 1.82) is 0 Å². The Hall–Kier alpha value is -0.370. The van der Waals surface area contributed by atoms with E-state index in [1.807, 2.05) is 0 Å². The lowest BCUT2D eigenvalue weighted by molar-refractivity contribution is 0.0519. The summed E-state index contributed by atoms with van der Waals surface area (Å²) < 4.78 is 37.5. The monoisotopic (exact) mass is 327 g/mol. The Morgan fingerprint density at radius 1 is 1.32 bits per heavy atom. The van der Waals surface area contributed by atoms with Crippen LogP contribution in [0.1, 0.15) is 18.6 Å². The molecular weight excluding hydrogens is 313 g/mol. The van der Waals surface area contributed by atoms with Gasteiger partial charge in [0.05, 0.1) is 6.04 Å². The molecule has 1 aromatic rings. The van der Waals surface area contributed by atoms with Gasteiger partial charge in [-0.05, 0) is 19.1 Å². The van der Waals surface area contributed by atoms with Crippen molar-refractivity contribution in [2.45, 2.75) is 19.1 Å². The molecule has 1 rings (SSSR count). The maximum atomic E-state index is 11.2. The highest BCUT2D eigenvalue weighted by Crippen LogP contribution is 2.35. The summed E-state index contributed by atoms with van der Waals surface area (Å²) in [6, 6.07) is 4.26. The van der Waals surface area contributed by atoms with E-state index in [1.165, 1.54) is 14.2 Å². The lowest BCUT2D eigenvalue weighted by Crippen LogP contribution is -2.39. The first-order chi connectivity index (χ1) is 8.70. The summed E-state index contributed by atoms with van der Waals surface area (Å²) >= 11 is 12.1. The van der Waals surface area contributed by atoms with Gasteiger partial charge in [0, 0.05) is 29.8 Å². The van der Waals surface area contributed by atoms with E-state index < -0.39 is 22.4 Å². The van der Waals surface area contributed by atoms with Crippen LogP contribution in [0.15, 0.2) is 18.2 Å². The number of likely N-dealkylation sites (N-methyl/N-ethyl adjacent to an activating group) is 1. The summed E-state index contributed by atoms with van der Waals surface area (Å²) in [5.41, 5.74) is 0.483. The Morgan fingerprint density at radius 2 is 1.79 bits per heavy atom. The first kappa shape index (κ1) is 16.7. The Morgan fingerprint density at radius 3 is 2.16 bits per heavy atom. The molecule has 0 aliphatic heterocycles. The number of benzene rings is 1. The van der Waals surface area contributed by atoms with E-state index in [0.717, 1.165) is 4.31 Å². The number of halogens is 2. The van der Waals surface area contributed by atoms with Gasteiger partial charge in [0.1, 0.15) is 6.10 Å². The van der Waals surface area contributed by atoms with Crippen molar-refractivity contribution in [1.82, 2.24) is 4.31 Å². The molecule has 108 valence electrons. The minimum absolute atomic E-state index is 0.370. The molecule has 0 aromatic heterocycles. The normalized spacial score (nSPS) is 15.5. The summed E-state index contributed by atoms with van der Waals surface area (Å²) in [6.45, 7) is 1.58. The predicted molar refractivity (Wildman–Crippen MR) is 75.0 cm³/mol. The third-order valence-corrected chi connectivity index (χ3v) is 4.63. The molecule has 0 fully saturated rings. The average Bonchev–Trinajstić information content (AvgIpc) is 2.31. The zero-order chi connectivity index (χ0) is 14.8. The fourth-order valence-electron chi connectivity index (χ4n) is 1.74. The smallest absolute Gasteiger partial charge is 0.335 e. The third kappa shape index (κ3) is 3.81. The quantitative estimate of drug-likeness (QED) is 0.844. The van der Waals surface area contributed by atoms with Gasteiger partial charge in [-0.1, -0.05) is 29.3 Å². The Kier molecular flexibility index (Phi) is 5.61. The summed E-state index contributed by atoms with van der Waals surface area (Å²) in [4.78, 5) is 0. The highest BCUT2D eigenvalue weighted by atomic mass is 35.5. The molecule has 0 heterocycles. The predicted octanol–water partition coefficient (Wildman–Crippen LogP) is 2.80. The first-order valence-electron chi connectivity index (χ1n) is 5.37. The maximum Gasteiger partial charge on any atom is 0.335 e. The van der Waals surface area contributed by atoms with Crippen molar-refractivity contribution in [3.05, 3.63) is 33.8 Å². The molecule has 0 saturated carbocycles. The Bertz CT molecular complexity index is 529. The van der Waals surface area contributed by atoms with Crippen molar-refractivity contribution in [2.75, 3.05) is 14.2 Å². The van der Waals surface area contributed by atoms with E-state index in [0.29, 0.717) is 15.6 Å². The molecule has 0 unspecified atom stereocenters. The van der Waals surface area contributed by atoms with Crippen LogP contribution < -0.4 is 0 Å². The maximum absolute atomic E-state index is 11.2. The molecule has 0 amide bonds. The molecule has 0 aliphatic carbocycles. The molecule has 0 aliphatic rings. The van der Waals surface area contributed by atoms with Gasteiger partial charge < -0.3 is 4.74 Å². The van der Waals surface area contributed by atoms with Crippen molar-refractivity contribution >= 4 is 33.5 Å². The van der Waals surface area contributed by atoms with Gasteiger partial charge in [-0.2, -0.15) is 12.7 Å². The second-order valence-corrected chi connectivity index (χ2v) is 6.31. The number of nitrogens with zero attached hydrogens (tertiary/aromatic N) is 1. The number of hydrogen-bond donors (Lipinski definition) is 1. The van der Waals surface area contributed by atoms with E-state index in [2.05, 4.69) is 0 Å². The van der Waals surface area contributed by atoms with E-state index in [4.69, 9.17) is 32.5 Å². The van der Waals surface area contributed by atoms with Crippen LogP contribution in [0.4, 0.5) is 0 Å². The summed E-state index contributed by atoms with van der Waals surface area (Å²) in [7, 11) is -1.66. The van der Waals surface area contributed by atoms with Crippen molar-refractivity contribution in [3.63, 3.8) is 0 Å². The van der Waals surface area contributed by atoms with Crippen LogP contribution in [0.2, 0.25) is 10.0 Å². The molecule has 2 atom stereocenters. The van der Waals surface area contributed by atoms with Crippen molar-refractivity contribution in [2.24, 2.45) is 0 Å². The van der Waals surface area contributed by atoms with Crippen molar-refractivity contribution in [3.8, 4) is 0 Å². The van der Waals surface area contributed by atoms with Crippen LogP contribution in [-0.2, 0) is 15.0 Å². The zero-order valence-electron chi connectivity index (χ0n) is 10.7. The molecule has 0 saturated heterocycles. The molecule has 1 aromatic carbocycles. The fraction of sp³-hybridized carbons (Fsp3) is 0.455. The molecule has 0 spiro atoms. The van der Waals surface area contributed by atoms with E-state index in [1.54, 1.807) is 25.1 Å². The highest BCUT2D eigenvalue weighted by molar-refractivity contribution is 7.83. The number of hydrogen-bond acceptors (Lipinski definition) is 3. The van der Waals surface area contributed by atoms with Gasteiger partial charge in [0.15, 0.2) is 0 Å². The summed E-state index contributed by atoms with van der Waals surface area (Å²) in [5, 5.41) is 0.741. The molecule has 0 radical (unpaired) electrons. The standard InChI is InChI=1S/C11H15Cl2NO4S/c1-7(14(2)19(15,16)17)11(18-3)10-8(12)5-4-6-9(10)13/h4-7,11H,1-3H3,(H,15,16,17)/t7-,11+/m1/s1. The Labute approximate surface area is 123 Å². The average molecular weight is 328 g/mol. The highest BCUT2D eigenvalue weighted by Gasteiger charge is 2.31. The number of rotatable bonds is 5. The Balaban J connectivity index is 3.21. The van der Waals surface area contributed by atoms with Gasteiger partial charge in [-0.3, -0.25) is 4.55 Å². The lowest BCUT2D eigenvalue weighted by Gasteiger charge is -2.29.